The van der Waals surface area contributed by atoms with Gasteiger partial charge in [0, 0.05) is 13.7 Å². The molecule has 0 N–H and O–H groups in total. The van der Waals surface area contributed by atoms with Crippen molar-refractivity contribution < 1.29 is 9.47 Å². The molecule has 2 aliphatic carbocycles. The molecule has 4 unspecified atom stereocenters. The van der Waals surface area contributed by atoms with Gasteiger partial charge >= 0.3 is 0 Å². The zero-order valence-corrected chi connectivity index (χ0v) is 9.37. The van der Waals surface area contributed by atoms with Crippen molar-refractivity contribution in [1.82, 2.24) is 0 Å². The van der Waals surface area contributed by atoms with Gasteiger partial charge in [-0.2, -0.15) is 0 Å². The van der Waals surface area contributed by atoms with Crippen LogP contribution in [-0.4, -0.2) is 20.0 Å². The standard InChI is InChI=1S/C12H22O2/c1-9(13-2)14-6-5-12-8-10-3-4-11(12)7-10/h9-12H,3-8H2,1-2H3. The topological polar surface area (TPSA) is 18.5 Å². The van der Waals surface area contributed by atoms with E-state index in [9.17, 15) is 0 Å². The Kier molecular flexibility index (Phi) is 3.45. The van der Waals surface area contributed by atoms with E-state index in [1.807, 2.05) is 6.92 Å². The van der Waals surface area contributed by atoms with Gasteiger partial charge in [0.1, 0.15) is 0 Å². The zero-order valence-electron chi connectivity index (χ0n) is 9.37. The molecule has 4 atom stereocenters. The first-order chi connectivity index (χ1) is 6.79. The molecule has 0 radical (unpaired) electrons. The molecular weight excluding hydrogens is 176 g/mol. The van der Waals surface area contributed by atoms with Gasteiger partial charge in [0.25, 0.3) is 0 Å². The summed E-state index contributed by atoms with van der Waals surface area (Å²) in [5.41, 5.74) is 0. The van der Waals surface area contributed by atoms with Gasteiger partial charge in [-0.15, -0.1) is 0 Å². The highest BCUT2D eigenvalue weighted by molar-refractivity contribution is 4.89. The van der Waals surface area contributed by atoms with E-state index in [0.29, 0.717) is 0 Å². The molecule has 2 bridgehead atoms. The Morgan fingerprint density at radius 3 is 2.71 bits per heavy atom. The highest BCUT2D eigenvalue weighted by Crippen LogP contribution is 2.49. The quantitative estimate of drug-likeness (QED) is 0.632. The lowest BCUT2D eigenvalue weighted by atomic mass is 9.87. The maximum absolute atomic E-state index is 5.54. The summed E-state index contributed by atoms with van der Waals surface area (Å²) in [5, 5.41) is 0. The molecule has 2 heteroatoms. The summed E-state index contributed by atoms with van der Waals surface area (Å²) < 4.78 is 10.6. The average Bonchev–Trinajstić information content (AvgIpc) is 2.79. The highest BCUT2D eigenvalue weighted by Gasteiger charge is 2.38. The normalized spacial score (nSPS) is 37.7. The van der Waals surface area contributed by atoms with Crippen LogP contribution < -0.4 is 0 Å². The number of hydrogen-bond donors (Lipinski definition) is 0. The Morgan fingerprint density at radius 1 is 1.29 bits per heavy atom. The van der Waals surface area contributed by atoms with Gasteiger partial charge in [-0.3, -0.25) is 0 Å². The minimum absolute atomic E-state index is 0.0337. The van der Waals surface area contributed by atoms with E-state index < -0.39 is 0 Å². The van der Waals surface area contributed by atoms with Gasteiger partial charge in [0.15, 0.2) is 6.29 Å². The SMILES string of the molecule is COC(C)OCCC1CC2CCC1C2. The summed E-state index contributed by atoms with van der Waals surface area (Å²) in [6, 6.07) is 0. The molecule has 2 fully saturated rings. The van der Waals surface area contributed by atoms with E-state index in [4.69, 9.17) is 9.47 Å². The maximum atomic E-state index is 5.54. The third-order valence-electron chi connectivity index (χ3n) is 4.06. The molecular formula is C12H22O2. The molecule has 0 heterocycles. The predicted octanol–water partition coefficient (Wildman–Crippen LogP) is 2.82. The second-order valence-corrected chi connectivity index (χ2v) is 4.90. The van der Waals surface area contributed by atoms with Gasteiger partial charge in [0.2, 0.25) is 0 Å². The van der Waals surface area contributed by atoms with Crippen molar-refractivity contribution in [2.45, 2.75) is 45.3 Å². The lowest BCUT2D eigenvalue weighted by Gasteiger charge is -2.22. The lowest BCUT2D eigenvalue weighted by molar-refractivity contribution is -0.114. The van der Waals surface area contributed by atoms with Gasteiger partial charge in [0.05, 0.1) is 0 Å². The third-order valence-corrected chi connectivity index (χ3v) is 4.06. The number of fused-ring (bicyclic) bond motifs is 2. The molecule has 0 aromatic rings. The minimum atomic E-state index is -0.0337. The molecule has 0 saturated heterocycles. The van der Waals surface area contributed by atoms with E-state index in [-0.39, 0.29) is 6.29 Å². The van der Waals surface area contributed by atoms with Crippen LogP contribution in [0.25, 0.3) is 0 Å². The molecule has 0 aromatic carbocycles. The second-order valence-electron chi connectivity index (χ2n) is 4.90. The van der Waals surface area contributed by atoms with Crippen molar-refractivity contribution in [3.63, 3.8) is 0 Å². The van der Waals surface area contributed by atoms with Crippen LogP contribution in [0.3, 0.4) is 0 Å². The van der Waals surface area contributed by atoms with Gasteiger partial charge in [-0.25, -0.2) is 0 Å². The molecule has 14 heavy (non-hydrogen) atoms. The van der Waals surface area contributed by atoms with E-state index in [1.165, 1.54) is 32.1 Å². The summed E-state index contributed by atoms with van der Waals surface area (Å²) >= 11 is 0. The summed E-state index contributed by atoms with van der Waals surface area (Å²) in [7, 11) is 1.70. The summed E-state index contributed by atoms with van der Waals surface area (Å²) in [5.74, 6) is 3.05. The van der Waals surface area contributed by atoms with Crippen LogP contribution in [0.5, 0.6) is 0 Å². The Hall–Kier alpha value is -0.0800. The van der Waals surface area contributed by atoms with Crippen molar-refractivity contribution in [3.05, 3.63) is 0 Å². The van der Waals surface area contributed by atoms with Crippen molar-refractivity contribution in [2.24, 2.45) is 17.8 Å². The lowest BCUT2D eigenvalue weighted by Crippen LogP contribution is -2.16. The Morgan fingerprint density at radius 2 is 2.14 bits per heavy atom. The smallest absolute Gasteiger partial charge is 0.154 e. The molecule has 2 nitrogen and oxygen atoms in total. The Labute approximate surface area is 87.0 Å². The average molecular weight is 198 g/mol. The van der Waals surface area contributed by atoms with Crippen LogP contribution in [0.4, 0.5) is 0 Å². The second kappa shape index (κ2) is 4.63. The zero-order chi connectivity index (χ0) is 9.97. The molecule has 0 aliphatic heterocycles. The van der Waals surface area contributed by atoms with Crippen LogP contribution in [0.1, 0.15) is 39.0 Å². The van der Waals surface area contributed by atoms with Crippen LogP contribution >= 0.6 is 0 Å². The molecule has 2 rings (SSSR count). The Balaban J connectivity index is 1.62. The van der Waals surface area contributed by atoms with Crippen LogP contribution in [0.2, 0.25) is 0 Å². The van der Waals surface area contributed by atoms with Crippen LogP contribution in [0.15, 0.2) is 0 Å². The van der Waals surface area contributed by atoms with Crippen molar-refractivity contribution in [1.29, 1.82) is 0 Å². The van der Waals surface area contributed by atoms with E-state index in [0.717, 1.165) is 24.4 Å². The minimum Gasteiger partial charge on any atom is -0.356 e. The monoisotopic (exact) mass is 198 g/mol. The fourth-order valence-electron chi connectivity index (χ4n) is 3.18. The number of ether oxygens (including phenoxy) is 2. The number of methoxy groups -OCH3 is 1. The van der Waals surface area contributed by atoms with Crippen molar-refractivity contribution in [3.8, 4) is 0 Å². The molecule has 2 aliphatic rings. The fraction of sp³-hybridized carbons (Fsp3) is 1.00. The van der Waals surface area contributed by atoms with Crippen molar-refractivity contribution in [2.75, 3.05) is 13.7 Å². The maximum Gasteiger partial charge on any atom is 0.154 e. The molecule has 0 spiro atoms. The molecule has 82 valence electrons. The third kappa shape index (κ3) is 2.29. The van der Waals surface area contributed by atoms with E-state index in [1.54, 1.807) is 7.11 Å². The van der Waals surface area contributed by atoms with Gasteiger partial charge < -0.3 is 9.47 Å². The summed E-state index contributed by atoms with van der Waals surface area (Å²) in [6.45, 7) is 2.84. The van der Waals surface area contributed by atoms with Gasteiger partial charge in [-0.1, -0.05) is 6.42 Å². The first-order valence-corrected chi connectivity index (χ1v) is 5.94. The number of hydrogen-bond acceptors (Lipinski definition) is 2. The van der Waals surface area contributed by atoms with E-state index >= 15 is 0 Å². The predicted molar refractivity (Wildman–Crippen MR) is 56.0 cm³/mol. The molecule has 0 amide bonds. The highest BCUT2D eigenvalue weighted by atomic mass is 16.7. The first kappa shape index (κ1) is 10.4. The van der Waals surface area contributed by atoms with Gasteiger partial charge in [-0.05, 0) is 50.4 Å². The van der Waals surface area contributed by atoms with E-state index in [2.05, 4.69) is 0 Å². The van der Waals surface area contributed by atoms with Crippen LogP contribution in [-0.2, 0) is 9.47 Å². The Bertz CT molecular complexity index is 181. The summed E-state index contributed by atoms with van der Waals surface area (Å²) in [4.78, 5) is 0. The fourth-order valence-corrected chi connectivity index (χ4v) is 3.18. The first-order valence-electron chi connectivity index (χ1n) is 5.94. The largest absolute Gasteiger partial charge is 0.356 e. The van der Waals surface area contributed by atoms with Crippen molar-refractivity contribution >= 4 is 0 Å². The summed E-state index contributed by atoms with van der Waals surface area (Å²) in [6.07, 6.45) is 7.16. The van der Waals surface area contributed by atoms with Crippen LogP contribution in [0, 0.1) is 17.8 Å². The molecule has 2 saturated carbocycles. The number of rotatable bonds is 5. The molecule has 0 aromatic heterocycles.